The second kappa shape index (κ2) is 14.9. The first-order chi connectivity index (χ1) is 16.1. The van der Waals surface area contributed by atoms with Crippen LogP contribution in [-0.2, 0) is 30.4 Å². The fourth-order valence-corrected chi connectivity index (χ4v) is 3.32. The Kier molecular flexibility index (Phi) is 12.6. The minimum atomic E-state index is -1.57. The minimum absolute atomic E-state index is 0.0118. The molecule has 188 valence electrons. The van der Waals surface area contributed by atoms with Gasteiger partial charge in [-0.05, 0) is 24.0 Å². The van der Waals surface area contributed by atoms with Crippen LogP contribution in [0.3, 0.4) is 0 Å². The number of nitrogens with two attached hydrogens (primary N) is 1. The Morgan fingerprint density at radius 3 is 2.00 bits per heavy atom. The number of aliphatic hydroxyl groups is 1. The second-order valence-corrected chi connectivity index (χ2v) is 8.37. The third-order valence-electron chi connectivity index (χ3n) is 4.69. The van der Waals surface area contributed by atoms with Gasteiger partial charge in [-0.1, -0.05) is 30.3 Å². The normalized spacial score (nSPS) is 14.2. The van der Waals surface area contributed by atoms with Gasteiger partial charge in [0.05, 0.1) is 19.1 Å². The molecule has 0 aliphatic carbocycles. The zero-order chi connectivity index (χ0) is 25.7. The number of thioether (sulfide) groups is 1. The van der Waals surface area contributed by atoms with Gasteiger partial charge in [-0.25, -0.2) is 4.79 Å². The van der Waals surface area contributed by atoms with Crippen LogP contribution >= 0.6 is 11.8 Å². The van der Waals surface area contributed by atoms with E-state index in [0.29, 0.717) is 11.3 Å². The standard InChI is InChI=1S/C21H30N4O8S/c1-34-8-7-14(23-18(29)13(22)10-17(27)28)19(30)24-15(9-12-5-3-2-4-6-12)20(31)25-16(11-26)21(32)33/h2-6,13-16,26H,7-11,22H2,1H3,(H,23,29)(H,24,30)(H,25,31)(H,27,28)(H,32,33). The molecule has 12 nitrogen and oxygen atoms in total. The highest BCUT2D eigenvalue weighted by molar-refractivity contribution is 7.98. The molecular formula is C21H30N4O8S. The summed E-state index contributed by atoms with van der Waals surface area (Å²) in [5, 5.41) is 34.3. The van der Waals surface area contributed by atoms with Crippen molar-refractivity contribution in [3.05, 3.63) is 35.9 Å². The van der Waals surface area contributed by atoms with Crippen molar-refractivity contribution in [1.82, 2.24) is 16.0 Å². The van der Waals surface area contributed by atoms with E-state index in [-0.39, 0.29) is 12.8 Å². The van der Waals surface area contributed by atoms with Crippen molar-refractivity contribution < 1.29 is 39.3 Å². The Hall–Kier alpha value is -3.16. The highest BCUT2D eigenvalue weighted by atomic mass is 32.2. The lowest BCUT2D eigenvalue weighted by Gasteiger charge is -2.25. The maximum absolute atomic E-state index is 13.0. The number of carboxylic acids is 2. The summed E-state index contributed by atoms with van der Waals surface area (Å²) in [4.78, 5) is 60.0. The van der Waals surface area contributed by atoms with Crippen molar-refractivity contribution in [3.63, 3.8) is 0 Å². The molecule has 13 heteroatoms. The summed E-state index contributed by atoms with van der Waals surface area (Å²) >= 11 is 1.41. The van der Waals surface area contributed by atoms with Gasteiger partial charge >= 0.3 is 11.9 Å². The monoisotopic (exact) mass is 498 g/mol. The molecule has 34 heavy (non-hydrogen) atoms. The van der Waals surface area contributed by atoms with Crippen LogP contribution in [0.15, 0.2) is 30.3 Å². The molecule has 1 aromatic carbocycles. The molecule has 0 aromatic heterocycles. The third-order valence-corrected chi connectivity index (χ3v) is 5.33. The molecule has 0 saturated carbocycles. The van der Waals surface area contributed by atoms with E-state index < -0.39 is 66.9 Å². The molecule has 1 rings (SSSR count). The summed E-state index contributed by atoms with van der Waals surface area (Å²) in [6, 6.07) is 3.38. The molecule has 4 unspecified atom stereocenters. The number of carbonyl (C=O) groups excluding carboxylic acids is 3. The highest BCUT2D eigenvalue weighted by Gasteiger charge is 2.30. The lowest BCUT2D eigenvalue weighted by molar-refractivity contribution is -0.143. The van der Waals surface area contributed by atoms with Gasteiger partial charge in [0.2, 0.25) is 17.7 Å². The summed E-state index contributed by atoms with van der Waals surface area (Å²) < 4.78 is 0. The minimum Gasteiger partial charge on any atom is -0.481 e. The summed E-state index contributed by atoms with van der Waals surface area (Å²) in [6.45, 7) is -0.846. The zero-order valence-electron chi connectivity index (χ0n) is 18.6. The number of amides is 3. The van der Waals surface area contributed by atoms with E-state index >= 15 is 0 Å². The van der Waals surface area contributed by atoms with E-state index in [0.717, 1.165) is 0 Å². The number of carbonyl (C=O) groups is 5. The van der Waals surface area contributed by atoms with Crippen LogP contribution in [0.5, 0.6) is 0 Å². The zero-order valence-corrected chi connectivity index (χ0v) is 19.4. The Bertz CT molecular complexity index is 854. The molecule has 0 saturated heterocycles. The van der Waals surface area contributed by atoms with Crippen molar-refractivity contribution in [2.75, 3.05) is 18.6 Å². The number of aliphatic carboxylic acids is 2. The van der Waals surface area contributed by atoms with Crippen molar-refractivity contribution in [3.8, 4) is 0 Å². The van der Waals surface area contributed by atoms with Gasteiger partial charge in [0, 0.05) is 6.42 Å². The van der Waals surface area contributed by atoms with E-state index in [1.165, 1.54) is 11.8 Å². The highest BCUT2D eigenvalue weighted by Crippen LogP contribution is 2.07. The van der Waals surface area contributed by atoms with E-state index in [4.69, 9.17) is 15.9 Å². The van der Waals surface area contributed by atoms with Gasteiger partial charge in [-0.15, -0.1) is 0 Å². The Labute approximate surface area is 200 Å². The number of nitrogens with one attached hydrogen (secondary N) is 3. The molecule has 0 fully saturated rings. The van der Waals surface area contributed by atoms with E-state index in [1.54, 1.807) is 36.6 Å². The summed E-state index contributed by atoms with van der Waals surface area (Å²) in [7, 11) is 0. The summed E-state index contributed by atoms with van der Waals surface area (Å²) in [5.74, 6) is -4.65. The average Bonchev–Trinajstić information content (AvgIpc) is 2.79. The quantitative estimate of drug-likeness (QED) is 0.146. The van der Waals surface area contributed by atoms with E-state index in [9.17, 15) is 29.1 Å². The fourth-order valence-electron chi connectivity index (χ4n) is 2.85. The van der Waals surface area contributed by atoms with E-state index in [2.05, 4.69) is 16.0 Å². The summed E-state index contributed by atoms with van der Waals surface area (Å²) in [6.07, 6.45) is 1.35. The topological polar surface area (TPSA) is 208 Å². The first-order valence-corrected chi connectivity index (χ1v) is 11.7. The van der Waals surface area contributed by atoms with Crippen molar-refractivity contribution >= 4 is 41.4 Å². The predicted molar refractivity (Wildman–Crippen MR) is 124 cm³/mol. The molecule has 1 aromatic rings. The molecule has 0 spiro atoms. The molecule has 3 amide bonds. The Morgan fingerprint density at radius 2 is 1.47 bits per heavy atom. The lowest BCUT2D eigenvalue weighted by atomic mass is 10.0. The number of rotatable bonds is 15. The molecule has 4 atom stereocenters. The van der Waals surface area contributed by atoms with Crippen molar-refractivity contribution in [2.45, 2.75) is 43.4 Å². The maximum Gasteiger partial charge on any atom is 0.328 e. The van der Waals surface area contributed by atoms with Crippen LogP contribution in [-0.4, -0.2) is 87.8 Å². The number of hydrogen-bond acceptors (Lipinski definition) is 8. The molecule has 0 radical (unpaired) electrons. The van der Waals surface area contributed by atoms with Crippen molar-refractivity contribution in [2.24, 2.45) is 5.73 Å². The van der Waals surface area contributed by atoms with Gasteiger partial charge in [0.15, 0.2) is 0 Å². The number of benzene rings is 1. The number of carboxylic acid groups (broad SMARTS) is 2. The molecular weight excluding hydrogens is 468 g/mol. The fraction of sp³-hybridized carbons (Fsp3) is 0.476. The van der Waals surface area contributed by atoms with Crippen molar-refractivity contribution in [1.29, 1.82) is 0 Å². The number of aliphatic hydroxyl groups excluding tert-OH is 1. The van der Waals surface area contributed by atoms with Gasteiger partial charge in [0.25, 0.3) is 0 Å². The van der Waals surface area contributed by atoms with E-state index in [1.807, 2.05) is 0 Å². The first kappa shape index (κ1) is 28.9. The smallest absolute Gasteiger partial charge is 0.328 e. The van der Waals surface area contributed by atoms with Crippen LogP contribution in [0.2, 0.25) is 0 Å². The van der Waals surface area contributed by atoms with Crippen LogP contribution in [0.25, 0.3) is 0 Å². The summed E-state index contributed by atoms with van der Waals surface area (Å²) in [5.41, 5.74) is 6.25. The Morgan fingerprint density at radius 1 is 0.912 bits per heavy atom. The SMILES string of the molecule is CSCCC(NC(=O)C(N)CC(=O)O)C(=O)NC(Cc1ccccc1)C(=O)NC(CO)C(=O)O. The molecule has 0 bridgehead atoms. The first-order valence-electron chi connectivity index (χ1n) is 10.3. The van der Waals surface area contributed by atoms with Crippen LogP contribution in [0, 0.1) is 0 Å². The van der Waals surface area contributed by atoms with Crippen LogP contribution in [0.1, 0.15) is 18.4 Å². The van der Waals surface area contributed by atoms with Gasteiger partial charge in [0.1, 0.15) is 18.1 Å². The maximum atomic E-state index is 13.0. The van der Waals surface area contributed by atoms with Crippen LogP contribution in [0.4, 0.5) is 0 Å². The van der Waals surface area contributed by atoms with Crippen LogP contribution < -0.4 is 21.7 Å². The number of hydrogen-bond donors (Lipinski definition) is 7. The molecule has 8 N–H and O–H groups in total. The predicted octanol–water partition coefficient (Wildman–Crippen LogP) is -1.68. The van der Waals surface area contributed by atoms with Gasteiger partial charge in [-0.2, -0.15) is 11.8 Å². The lowest BCUT2D eigenvalue weighted by Crippen LogP contribution is -2.58. The Balaban J connectivity index is 3.05. The van der Waals surface area contributed by atoms with Gasteiger partial charge < -0.3 is 37.0 Å². The average molecular weight is 499 g/mol. The van der Waals surface area contributed by atoms with Gasteiger partial charge in [-0.3, -0.25) is 19.2 Å². The third kappa shape index (κ3) is 10.2. The largest absolute Gasteiger partial charge is 0.481 e. The molecule has 0 heterocycles. The molecule has 0 aliphatic rings. The second-order valence-electron chi connectivity index (χ2n) is 7.38. The molecule has 0 aliphatic heterocycles.